The summed E-state index contributed by atoms with van der Waals surface area (Å²) in [5, 5.41) is 22.3. The van der Waals surface area contributed by atoms with E-state index in [0.717, 1.165) is 18.5 Å². The molecule has 5 rings (SSSR count). The minimum absolute atomic E-state index is 0.112. The molecule has 2 atom stereocenters. The molecule has 2 aromatic heterocycles. The van der Waals surface area contributed by atoms with Crippen molar-refractivity contribution in [2.75, 3.05) is 0 Å². The second-order valence-electron chi connectivity index (χ2n) is 7.15. The van der Waals surface area contributed by atoms with Gasteiger partial charge in [-0.3, -0.25) is 0 Å². The van der Waals surface area contributed by atoms with Gasteiger partial charge in [0.15, 0.2) is 0 Å². The van der Waals surface area contributed by atoms with E-state index in [4.69, 9.17) is 4.74 Å². The van der Waals surface area contributed by atoms with Crippen molar-refractivity contribution in [1.29, 1.82) is 0 Å². The lowest BCUT2D eigenvalue weighted by molar-refractivity contribution is 0.124. The van der Waals surface area contributed by atoms with E-state index in [0.29, 0.717) is 29.4 Å². The van der Waals surface area contributed by atoms with Gasteiger partial charge in [-0.15, -0.1) is 5.10 Å². The first-order chi connectivity index (χ1) is 13.2. The van der Waals surface area contributed by atoms with Gasteiger partial charge in [0.25, 0.3) is 0 Å². The van der Waals surface area contributed by atoms with E-state index >= 15 is 0 Å². The van der Waals surface area contributed by atoms with Crippen molar-refractivity contribution >= 4 is 0 Å². The first-order valence-electron chi connectivity index (χ1n) is 9.19. The van der Waals surface area contributed by atoms with Gasteiger partial charge in [-0.2, -0.15) is 0 Å². The number of nitrogens with one attached hydrogen (secondary N) is 1. The quantitative estimate of drug-likeness (QED) is 0.731. The van der Waals surface area contributed by atoms with Crippen molar-refractivity contribution < 1.29 is 9.84 Å². The Balaban J connectivity index is 1.31. The average molecular weight is 364 g/mol. The maximum atomic E-state index is 10.4. The van der Waals surface area contributed by atoms with E-state index < -0.39 is 0 Å². The molecule has 1 aromatic carbocycles. The molecule has 2 unspecified atom stereocenters. The lowest BCUT2D eigenvalue weighted by Gasteiger charge is -2.28. The molecular formula is C19H20N6O2. The van der Waals surface area contributed by atoms with Crippen molar-refractivity contribution in [3.8, 4) is 28.7 Å². The minimum atomic E-state index is 0.112. The molecule has 0 saturated carbocycles. The van der Waals surface area contributed by atoms with Gasteiger partial charge in [-0.05, 0) is 37.8 Å². The second kappa shape index (κ2) is 6.62. The number of piperidine rings is 1. The Morgan fingerprint density at radius 1 is 1.15 bits per heavy atom. The molecule has 27 heavy (non-hydrogen) atoms. The molecule has 2 fully saturated rings. The third-order valence-corrected chi connectivity index (χ3v) is 5.30. The monoisotopic (exact) mass is 364 g/mol. The highest BCUT2D eigenvalue weighted by atomic mass is 16.5. The average Bonchev–Trinajstić information content (AvgIpc) is 3.32. The van der Waals surface area contributed by atoms with Crippen LogP contribution >= 0.6 is 0 Å². The highest BCUT2D eigenvalue weighted by Gasteiger charge is 2.34. The summed E-state index contributed by atoms with van der Waals surface area (Å²) in [6.45, 7) is 0. The van der Waals surface area contributed by atoms with Crippen molar-refractivity contribution in [1.82, 2.24) is 30.0 Å². The van der Waals surface area contributed by atoms with Gasteiger partial charge in [0.05, 0.1) is 18.2 Å². The molecule has 2 bridgehead atoms. The number of aromatic nitrogens is 5. The molecule has 4 heterocycles. The number of fused-ring (bicyclic) bond motifs is 2. The number of imidazole rings is 1. The third-order valence-electron chi connectivity index (χ3n) is 5.30. The van der Waals surface area contributed by atoms with Gasteiger partial charge in [-0.1, -0.05) is 5.10 Å². The number of phenolic OH excluding ortho intramolecular Hbond substituents is 1. The number of rotatable bonds is 4. The molecule has 0 radical (unpaired) electrons. The second-order valence-corrected chi connectivity index (χ2v) is 7.15. The lowest BCUT2D eigenvalue weighted by atomic mass is 10.0. The van der Waals surface area contributed by atoms with Crippen molar-refractivity contribution in [3.05, 3.63) is 43.1 Å². The minimum Gasteiger partial charge on any atom is -0.507 e. The highest BCUT2D eigenvalue weighted by molar-refractivity contribution is 5.67. The fourth-order valence-corrected chi connectivity index (χ4v) is 4.00. The third kappa shape index (κ3) is 3.23. The van der Waals surface area contributed by atoms with E-state index in [1.807, 2.05) is 16.8 Å². The van der Waals surface area contributed by atoms with E-state index in [1.54, 1.807) is 30.9 Å². The van der Waals surface area contributed by atoms with Crippen LogP contribution in [0, 0.1) is 0 Å². The fraction of sp³-hybridized carbons (Fsp3) is 0.368. The molecule has 138 valence electrons. The molecule has 8 heteroatoms. The molecule has 0 spiro atoms. The number of ether oxygens (including phenoxy) is 1. The van der Waals surface area contributed by atoms with Gasteiger partial charge in [0, 0.05) is 36.1 Å². The summed E-state index contributed by atoms with van der Waals surface area (Å²) < 4.78 is 7.74. The van der Waals surface area contributed by atoms with Crippen molar-refractivity contribution in [3.63, 3.8) is 0 Å². The summed E-state index contributed by atoms with van der Waals surface area (Å²) >= 11 is 0. The van der Waals surface area contributed by atoms with Crippen molar-refractivity contribution in [2.45, 2.75) is 43.9 Å². The van der Waals surface area contributed by atoms with Crippen LogP contribution in [-0.4, -0.2) is 48.0 Å². The van der Waals surface area contributed by atoms with Gasteiger partial charge in [-0.25, -0.2) is 9.97 Å². The Morgan fingerprint density at radius 3 is 2.67 bits per heavy atom. The molecule has 2 aliphatic rings. The molecule has 0 aliphatic carbocycles. The zero-order chi connectivity index (χ0) is 18.2. The SMILES string of the molecule is Oc1cc(-n2ccnc2)ccc1-c1cnc(OC2CC3CCC(C2)N3)nn1. The smallest absolute Gasteiger partial charge is 0.335 e. The molecular weight excluding hydrogens is 344 g/mol. The van der Waals surface area contributed by atoms with Gasteiger partial charge in [0.2, 0.25) is 0 Å². The molecule has 8 nitrogen and oxygen atoms in total. The van der Waals surface area contributed by atoms with Crippen LogP contribution in [0.15, 0.2) is 43.1 Å². The van der Waals surface area contributed by atoms with Gasteiger partial charge < -0.3 is 19.7 Å². The Labute approximate surface area is 156 Å². The van der Waals surface area contributed by atoms with Crippen LogP contribution in [0.2, 0.25) is 0 Å². The van der Waals surface area contributed by atoms with Gasteiger partial charge >= 0.3 is 6.01 Å². The molecule has 0 amide bonds. The zero-order valence-electron chi connectivity index (χ0n) is 14.7. The number of hydrogen-bond donors (Lipinski definition) is 2. The van der Waals surface area contributed by atoms with Crippen LogP contribution in [0.1, 0.15) is 25.7 Å². The predicted molar refractivity (Wildman–Crippen MR) is 97.6 cm³/mol. The summed E-state index contributed by atoms with van der Waals surface area (Å²) in [5.74, 6) is 0.112. The molecule has 2 N–H and O–H groups in total. The summed E-state index contributed by atoms with van der Waals surface area (Å²) in [7, 11) is 0. The fourth-order valence-electron chi connectivity index (χ4n) is 4.00. The van der Waals surface area contributed by atoms with Crippen molar-refractivity contribution in [2.24, 2.45) is 0 Å². The van der Waals surface area contributed by atoms with Crippen LogP contribution < -0.4 is 10.1 Å². The Kier molecular flexibility index (Phi) is 3.97. The van der Waals surface area contributed by atoms with E-state index in [1.165, 1.54) is 12.8 Å². The van der Waals surface area contributed by atoms with Crippen LogP contribution in [0.4, 0.5) is 0 Å². The predicted octanol–water partition coefficient (Wildman–Crippen LogP) is 2.09. The topological polar surface area (TPSA) is 98.0 Å². The Morgan fingerprint density at radius 2 is 2.00 bits per heavy atom. The number of benzene rings is 1. The van der Waals surface area contributed by atoms with E-state index in [-0.39, 0.29) is 11.9 Å². The summed E-state index contributed by atoms with van der Waals surface area (Å²) in [5.41, 5.74) is 1.89. The van der Waals surface area contributed by atoms with Crippen LogP contribution in [0.25, 0.3) is 16.9 Å². The first-order valence-corrected chi connectivity index (χ1v) is 9.19. The van der Waals surface area contributed by atoms with E-state index in [9.17, 15) is 5.11 Å². The Bertz CT molecular complexity index is 916. The standard InChI is InChI=1S/C19H20N6O2/c26-18-9-14(25-6-5-20-11-25)3-4-16(18)17-10-21-19(24-23-17)27-15-7-12-1-2-13(8-15)22-12/h3-6,9-13,15,22,26H,1-2,7-8H2. The number of phenols is 1. The summed E-state index contributed by atoms with van der Waals surface area (Å²) in [6, 6.07) is 6.72. The highest BCUT2D eigenvalue weighted by Crippen LogP contribution is 2.31. The summed E-state index contributed by atoms with van der Waals surface area (Å²) in [4.78, 5) is 8.30. The van der Waals surface area contributed by atoms with E-state index in [2.05, 4.69) is 25.5 Å². The normalized spacial score (nSPS) is 24.1. The zero-order valence-corrected chi connectivity index (χ0v) is 14.7. The number of nitrogens with zero attached hydrogens (tertiary/aromatic N) is 5. The molecule has 2 saturated heterocycles. The van der Waals surface area contributed by atoms with Gasteiger partial charge in [0.1, 0.15) is 17.5 Å². The molecule has 3 aromatic rings. The maximum absolute atomic E-state index is 10.4. The maximum Gasteiger partial charge on any atom is 0.335 e. The molecule has 2 aliphatic heterocycles. The Hall–Kier alpha value is -3.00. The summed E-state index contributed by atoms with van der Waals surface area (Å²) in [6.07, 6.45) is 11.3. The lowest BCUT2D eigenvalue weighted by Crippen LogP contribution is -2.42. The first kappa shape index (κ1) is 16.2. The van der Waals surface area contributed by atoms with Crippen LogP contribution in [0.3, 0.4) is 0 Å². The largest absolute Gasteiger partial charge is 0.507 e. The van der Waals surface area contributed by atoms with Crippen LogP contribution in [0.5, 0.6) is 11.8 Å². The van der Waals surface area contributed by atoms with Crippen LogP contribution in [-0.2, 0) is 0 Å². The number of hydrogen-bond acceptors (Lipinski definition) is 7. The number of aromatic hydroxyl groups is 1.